The van der Waals surface area contributed by atoms with Crippen molar-refractivity contribution in [2.75, 3.05) is 0 Å². The van der Waals surface area contributed by atoms with Crippen molar-refractivity contribution in [2.24, 2.45) is 5.92 Å². The Kier molecular flexibility index (Phi) is 2.59. The number of nitrogens with zero attached hydrogens (tertiary/aromatic N) is 2. The predicted molar refractivity (Wildman–Crippen MR) is 67.8 cm³/mol. The van der Waals surface area contributed by atoms with Crippen LogP contribution >= 0.6 is 15.9 Å². The topological polar surface area (TPSA) is 34.9 Å². The van der Waals surface area contributed by atoms with Crippen molar-refractivity contribution in [2.45, 2.75) is 12.3 Å². The molecule has 1 fully saturated rings. The summed E-state index contributed by atoms with van der Waals surface area (Å²) < 4.78 is 2.64. The molecule has 1 aliphatic carbocycles. The van der Waals surface area contributed by atoms with Gasteiger partial charge in [-0.3, -0.25) is 9.36 Å². The Labute approximate surface area is 108 Å². The van der Waals surface area contributed by atoms with Crippen molar-refractivity contribution in [1.82, 2.24) is 9.55 Å². The molecule has 3 rings (SSSR count). The number of benzene rings is 1. The Bertz CT molecular complexity index is 533. The lowest BCUT2D eigenvalue weighted by atomic mass is 10.1. The Hall–Kier alpha value is -1.42. The van der Waals surface area contributed by atoms with Crippen molar-refractivity contribution in [3.8, 4) is 0 Å². The van der Waals surface area contributed by atoms with Gasteiger partial charge < -0.3 is 0 Å². The standard InChI is InChI=1S/C13H11BrN2O/c14-10-3-1-9(2-4-10)11-7-12(11)13(17)16-6-5-15-8-16/h1-6,8,11-12H,7H2/t11-,12-/m1/s1. The quantitative estimate of drug-likeness (QED) is 0.852. The lowest BCUT2D eigenvalue weighted by Crippen LogP contribution is -2.11. The monoisotopic (exact) mass is 290 g/mol. The molecule has 0 unspecified atom stereocenters. The summed E-state index contributed by atoms with van der Waals surface area (Å²) in [4.78, 5) is 15.9. The fourth-order valence-corrected chi connectivity index (χ4v) is 2.39. The molecule has 17 heavy (non-hydrogen) atoms. The van der Waals surface area contributed by atoms with Crippen molar-refractivity contribution < 1.29 is 4.79 Å². The lowest BCUT2D eigenvalue weighted by molar-refractivity contribution is 0.0883. The minimum absolute atomic E-state index is 0.116. The smallest absolute Gasteiger partial charge is 0.235 e. The van der Waals surface area contributed by atoms with E-state index in [2.05, 4.69) is 33.0 Å². The van der Waals surface area contributed by atoms with Crippen LogP contribution in [0.1, 0.15) is 22.7 Å². The predicted octanol–water partition coefficient (Wildman–Crippen LogP) is 3.09. The maximum absolute atomic E-state index is 12.0. The van der Waals surface area contributed by atoms with Crippen molar-refractivity contribution in [3.05, 3.63) is 53.0 Å². The van der Waals surface area contributed by atoms with Crippen LogP contribution in [-0.2, 0) is 0 Å². The second kappa shape index (κ2) is 4.11. The Morgan fingerprint density at radius 1 is 1.35 bits per heavy atom. The van der Waals surface area contributed by atoms with Gasteiger partial charge >= 0.3 is 0 Å². The number of carbonyl (C=O) groups is 1. The van der Waals surface area contributed by atoms with E-state index in [0.717, 1.165) is 10.9 Å². The van der Waals surface area contributed by atoms with Crippen molar-refractivity contribution in [3.63, 3.8) is 0 Å². The SMILES string of the molecule is O=C([C@@H]1C[C@@H]1c1ccc(Br)cc1)n1ccnc1. The van der Waals surface area contributed by atoms with Crippen LogP contribution in [0.4, 0.5) is 0 Å². The molecule has 0 radical (unpaired) electrons. The molecule has 1 aliphatic rings. The number of hydrogen-bond donors (Lipinski definition) is 0. The Morgan fingerprint density at radius 3 is 2.76 bits per heavy atom. The summed E-state index contributed by atoms with van der Waals surface area (Å²) in [6, 6.07) is 8.20. The van der Waals surface area contributed by atoms with Gasteiger partial charge in [0.15, 0.2) is 0 Å². The number of imidazole rings is 1. The average Bonchev–Trinajstić information content (AvgIpc) is 2.94. The number of carbonyl (C=O) groups excluding carboxylic acids is 1. The van der Waals surface area contributed by atoms with Crippen LogP contribution < -0.4 is 0 Å². The third-order valence-electron chi connectivity index (χ3n) is 3.16. The first-order chi connectivity index (χ1) is 8.25. The molecule has 2 atom stereocenters. The van der Waals surface area contributed by atoms with Gasteiger partial charge in [0, 0.05) is 22.8 Å². The van der Waals surface area contributed by atoms with Gasteiger partial charge in [-0.1, -0.05) is 28.1 Å². The van der Waals surface area contributed by atoms with E-state index in [1.165, 1.54) is 5.56 Å². The summed E-state index contributed by atoms with van der Waals surface area (Å²) in [6.07, 6.45) is 5.85. The van der Waals surface area contributed by atoms with Crippen LogP contribution in [0.2, 0.25) is 0 Å². The first-order valence-electron chi connectivity index (χ1n) is 5.53. The van der Waals surface area contributed by atoms with Crippen molar-refractivity contribution in [1.29, 1.82) is 0 Å². The summed E-state index contributed by atoms with van der Waals surface area (Å²) in [5, 5.41) is 0. The van der Waals surface area contributed by atoms with Crippen molar-refractivity contribution >= 4 is 21.8 Å². The molecule has 0 bridgehead atoms. The number of hydrogen-bond acceptors (Lipinski definition) is 2. The molecule has 0 spiro atoms. The molecule has 0 saturated heterocycles. The molecule has 1 aromatic heterocycles. The van der Waals surface area contributed by atoms with Gasteiger partial charge in [-0.2, -0.15) is 0 Å². The molecule has 2 aromatic rings. The highest BCUT2D eigenvalue weighted by Crippen LogP contribution is 2.48. The number of halogens is 1. The van der Waals surface area contributed by atoms with Gasteiger partial charge in [0.05, 0.1) is 0 Å². The average molecular weight is 291 g/mol. The van der Waals surface area contributed by atoms with E-state index in [4.69, 9.17) is 0 Å². The molecule has 3 nitrogen and oxygen atoms in total. The summed E-state index contributed by atoms with van der Waals surface area (Å²) >= 11 is 3.41. The molecule has 1 heterocycles. The van der Waals surface area contributed by atoms with Gasteiger partial charge in [-0.25, -0.2) is 4.98 Å². The third-order valence-corrected chi connectivity index (χ3v) is 3.69. The summed E-state index contributed by atoms with van der Waals surface area (Å²) in [5.41, 5.74) is 1.24. The summed E-state index contributed by atoms with van der Waals surface area (Å²) in [5.74, 6) is 0.638. The van der Waals surface area contributed by atoms with E-state index in [9.17, 15) is 4.79 Å². The molecule has 0 aliphatic heterocycles. The first kappa shape index (κ1) is 10.7. The molecule has 1 aromatic carbocycles. The van der Waals surface area contributed by atoms with E-state index >= 15 is 0 Å². The van der Waals surface area contributed by atoms with Gasteiger partial charge in [0.25, 0.3) is 0 Å². The summed E-state index contributed by atoms with van der Waals surface area (Å²) in [7, 11) is 0. The Balaban J connectivity index is 1.74. The van der Waals surface area contributed by atoms with E-state index in [1.807, 2.05) is 12.1 Å². The second-order valence-electron chi connectivity index (χ2n) is 4.31. The highest BCUT2D eigenvalue weighted by molar-refractivity contribution is 9.10. The minimum Gasteiger partial charge on any atom is -0.276 e. The van der Waals surface area contributed by atoms with Crippen LogP contribution in [0, 0.1) is 5.92 Å². The normalized spacial score (nSPS) is 22.4. The zero-order chi connectivity index (χ0) is 11.8. The lowest BCUT2D eigenvalue weighted by Gasteiger charge is -2.01. The minimum atomic E-state index is 0.116. The second-order valence-corrected chi connectivity index (χ2v) is 5.22. The molecule has 4 heteroatoms. The zero-order valence-electron chi connectivity index (χ0n) is 9.08. The highest BCUT2D eigenvalue weighted by atomic mass is 79.9. The third kappa shape index (κ3) is 2.05. The van der Waals surface area contributed by atoms with Gasteiger partial charge in [0.2, 0.25) is 5.91 Å². The molecule has 86 valence electrons. The maximum atomic E-state index is 12.0. The van der Waals surface area contributed by atoms with Gasteiger partial charge in [-0.05, 0) is 30.0 Å². The van der Waals surface area contributed by atoms with E-state index < -0.39 is 0 Å². The molecule has 0 amide bonds. The number of rotatable bonds is 2. The molecular formula is C13H11BrN2O. The Morgan fingerprint density at radius 2 is 2.12 bits per heavy atom. The van der Waals surface area contributed by atoms with Crippen LogP contribution in [0.3, 0.4) is 0 Å². The molecule has 1 saturated carbocycles. The maximum Gasteiger partial charge on any atom is 0.235 e. The van der Waals surface area contributed by atoms with Crippen LogP contribution in [0.5, 0.6) is 0 Å². The number of aromatic nitrogens is 2. The van der Waals surface area contributed by atoms with E-state index in [-0.39, 0.29) is 11.8 Å². The van der Waals surface area contributed by atoms with Gasteiger partial charge in [-0.15, -0.1) is 0 Å². The van der Waals surface area contributed by atoms with E-state index in [0.29, 0.717) is 5.92 Å². The first-order valence-corrected chi connectivity index (χ1v) is 6.32. The zero-order valence-corrected chi connectivity index (χ0v) is 10.7. The van der Waals surface area contributed by atoms with E-state index in [1.54, 1.807) is 23.3 Å². The molecular weight excluding hydrogens is 280 g/mol. The van der Waals surface area contributed by atoms with Gasteiger partial charge in [0.1, 0.15) is 6.33 Å². The van der Waals surface area contributed by atoms with Crippen LogP contribution in [-0.4, -0.2) is 15.5 Å². The molecule has 0 N–H and O–H groups in total. The summed E-state index contributed by atoms with van der Waals surface area (Å²) in [6.45, 7) is 0. The fourth-order valence-electron chi connectivity index (χ4n) is 2.13. The van der Waals surface area contributed by atoms with Crippen LogP contribution in [0.25, 0.3) is 0 Å². The largest absolute Gasteiger partial charge is 0.276 e. The highest BCUT2D eigenvalue weighted by Gasteiger charge is 2.44. The van der Waals surface area contributed by atoms with Crippen LogP contribution in [0.15, 0.2) is 47.5 Å². The fraction of sp³-hybridized carbons (Fsp3) is 0.231.